The predicted molar refractivity (Wildman–Crippen MR) is 91.9 cm³/mol. The number of thiophene rings is 1. The predicted octanol–water partition coefficient (Wildman–Crippen LogP) is 4.46. The van der Waals surface area contributed by atoms with Crippen molar-refractivity contribution in [2.75, 3.05) is 6.54 Å². The average Bonchev–Trinajstić information content (AvgIpc) is 2.69. The molecule has 6 heteroatoms. The van der Waals surface area contributed by atoms with Gasteiger partial charge in [-0.25, -0.2) is 4.79 Å². The highest BCUT2D eigenvalue weighted by Crippen LogP contribution is 2.27. The molecule has 1 aromatic heterocycles. The molecule has 0 bridgehead atoms. The van der Waals surface area contributed by atoms with E-state index in [1.807, 2.05) is 40.7 Å². The second kappa shape index (κ2) is 7.11. The van der Waals surface area contributed by atoms with E-state index in [2.05, 4.69) is 39.6 Å². The van der Waals surface area contributed by atoms with Crippen molar-refractivity contribution < 1.29 is 9.53 Å². The first-order chi connectivity index (χ1) is 9.48. The summed E-state index contributed by atoms with van der Waals surface area (Å²) in [4.78, 5) is 13.1. The van der Waals surface area contributed by atoms with Crippen molar-refractivity contribution in [1.29, 1.82) is 0 Å². The quantitative estimate of drug-likeness (QED) is 0.796. The third kappa shape index (κ3) is 7.29. The summed E-state index contributed by atoms with van der Waals surface area (Å²) in [5.74, 6) is 0. The van der Waals surface area contributed by atoms with Crippen LogP contribution < -0.4 is 10.6 Å². The lowest BCUT2D eigenvalue weighted by molar-refractivity contribution is 0.0471. The fourth-order valence-corrected chi connectivity index (χ4v) is 3.14. The minimum atomic E-state index is -0.482. The Bertz CT molecular complexity index is 480. The van der Waals surface area contributed by atoms with Crippen molar-refractivity contribution >= 4 is 33.4 Å². The maximum Gasteiger partial charge on any atom is 0.408 e. The van der Waals surface area contributed by atoms with E-state index in [1.54, 1.807) is 11.3 Å². The van der Waals surface area contributed by atoms with Crippen molar-refractivity contribution in [1.82, 2.24) is 10.6 Å². The number of alkyl carbamates (subject to hydrolysis) is 1. The fraction of sp³-hybridized carbons (Fsp3) is 0.667. The Balaban J connectivity index is 2.47. The van der Waals surface area contributed by atoms with Gasteiger partial charge in [-0.05, 0) is 69.6 Å². The molecule has 1 atom stereocenters. The molecule has 0 aliphatic carbocycles. The smallest absolute Gasteiger partial charge is 0.408 e. The minimum Gasteiger partial charge on any atom is -0.444 e. The van der Waals surface area contributed by atoms with E-state index in [9.17, 15) is 4.79 Å². The van der Waals surface area contributed by atoms with E-state index < -0.39 is 5.60 Å². The Kier molecular flexibility index (Phi) is 6.25. The van der Waals surface area contributed by atoms with Crippen LogP contribution >= 0.6 is 27.3 Å². The van der Waals surface area contributed by atoms with Crippen LogP contribution in [-0.4, -0.2) is 23.8 Å². The van der Waals surface area contributed by atoms with Crippen LogP contribution in [0.25, 0.3) is 0 Å². The molecule has 1 rings (SSSR count). The molecule has 21 heavy (non-hydrogen) atoms. The van der Waals surface area contributed by atoms with Gasteiger partial charge in [-0.2, -0.15) is 0 Å². The van der Waals surface area contributed by atoms with E-state index in [0.717, 1.165) is 3.79 Å². The van der Waals surface area contributed by atoms with Crippen LogP contribution in [0, 0.1) is 0 Å². The van der Waals surface area contributed by atoms with Crippen molar-refractivity contribution in [3.05, 3.63) is 20.8 Å². The molecule has 0 saturated heterocycles. The number of hydrogen-bond donors (Lipinski definition) is 2. The molecule has 0 radical (unpaired) electrons. The number of nitrogens with one attached hydrogen (secondary N) is 2. The molecule has 0 fully saturated rings. The van der Waals surface area contributed by atoms with E-state index in [0.29, 0.717) is 6.54 Å². The van der Waals surface area contributed by atoms with Crippen molar-refractivity contribution in [3.63, 3.8) is 0 Å². The lowest BCUT2D eigenvalue weighted by atomic mass is 10.1. The van der Waals surface area contributed by atoms with Crippen molar-refractivity contribution in [3.8, 4) is 0 Å². The van der Waals surface area contributed by atoms with E-state index >= 15 is 0 Å². The van der Waals surface area contributed by atoms with Gasteiger partial charge in [0.15, 0.2) is 0 Å². The molecule has 0 aliphatic heterocycles. The van der Waals surface area contributed by atoms with Gasteiger partial charge in [0.1, 0.15) is 5.60 Å². The SMILES string of the molecule is CC(NCC(C)(C)NC(=O)OC(C)(C)C)c1ccc(Br)s1. The van der Waals surface area contributed by atoms with E-state index in [-0.39, 0.29) is 17.7 Å². The summed E-state index contributed by atoms with van der Waals surface area (Å²) in [7, 11) is 0. The van der Waals surface area contributed by atoms with Gasteiger partial charge in [-0.3, -0.25) is 0 Å². The highest BCUT2D eigenvalue weighted by Gasteiger charge is 2.25. The van der Waals surface area contributed by atoms with Crippen LogP contribution in [-0.2, 0) is 4.74 Å². The summed E-state index contributed by atoms with van der Waals surface area (Å²) in [5.41, 5.74) is -0.866. The Hall–Kier alpha value is -0.590. The number of carbonyl (C=O) groups excluding carboxylic acids is 1. The molecule has 1 heterocycles. The highest BCUT2D eigenvalue weighted by atomic mass is 79.9. The van der Waals surface area contributed by atoms with Gasteiger partial charge >= 0.3 is 6.09 Å². The van der Waals surface area contributed by atoms with Crippen LogP contribution in [0.2, 0.25) is 0 Å². The maximum absolute atomic E-state index is 11.8. The second-order valence-electron chi connectivity index (χ2n) is 6.76. The zero-order valence-electron chi connectivity index (χ0n) is 13.5. The van der Waals surface area contributed by atoms with Gasteiger partial charge in [0.2, 0.25) is 0 Å². The molecule has 0 saturated carbocycles. The second-order valence-corrected chi connectivity index (χ2v) is 9.25. The number of carbonyl (C=O) groups is 1. The van der Waals surface area contributed by atoms with Gasteiger partial charge in [0.25, 0.3) is 0 Å². The number of hydrogen-bond acceptors (Lipinski definition) is 4. The summed E-state index contributed by atoms with van der Waals surface area (Å²) < 4.78 is 6.41. The first-order valence-electron chi connectivity index (χ1n) is 6.98. The molecule has 2 N–H and O–H groups in total. The zero-order valence-corrected chi connectivity index (χ0v) is 15.9. The zero-order chi connectivity index (χ0) is 16.3. The first-order valence-corrected chi connectivity index (χ1v) is 8.59. The minimum absolute atomic E-state index is 0.237. The summed E-state index contributed by atoms with van der Waals surface area (Å²) in [6.07, 6.45) is -0.388. The third-order valence-electron chi connectivity index (χ3n) is 2.71. The van der Waals surface area contributed by atoms with E-state index in [4.69, 9.17) is 4.74 Å². The summed E-state index contributed by atoms with van der Waals surface area (Å²) in [5, 5.41) is 6.34. The molecule has 0 spiro atoms. The summed E-state index contributed by atoms with van der Waals surface area (Å²) >= 11 is 5.18. The van der Waals surface area contributed by atoms with E-state index in [1.165, 1.54) is 4.88 Å². The molecule has 1 aromatic rings. The molecule has 1 unspecified atom stereocenters. The Morgan fingerprint density at radius 2 is 1.95 bits per heavy atom. The average molecular weight is 377 g/mol. The largest absolute Gasteiger partial charge is 0.444 e. The van der Waals surface area contributed by atoms with Crippen LogP contribution in [0.4, 0.5) is 4.79 Å². The molecule has 4 nitrogen and oxygen atoms in total. The van der Waals surface area contributed by atoms with Gasteiger partial charge in [0, 0.05) is 17.5 Å². The summed E-state index contributed by atoms with van der Waals surface area (Å²) in [6.45, 7) is 12.3. The number of amides is 1. The number of ether oxygens (including phenoxy) is 1. The molecule has 0 aromatic carbocycles. The van der Waals surface area contributed by atoms with Crippen LogP contribution in [0.5, 0.6) is 0 Å². The van der Waals surface area contributed by atoms with Gasteiger partial charge in [-0.1, -0.05) is 0 Å². The van der Waals surface area contributed by atoms with Crippen LogP contribution in [0.3, 0.4) is 0 Å². The molecule has 1 amide bonds. The van der Waals surface area contributed by atoms with Gasteiger partial charge < -0.3 is 15.4 Å². The Labute approximate surface area is 139 Å². The van der Waals surface area contributed by atoms with Crippen LogP contribution in [0.15, 0.2) is 15.9 Å². The third-order valence-corrected chi connectivity index (χ3v) is 4.52. The van der Waals surface area contributed by atoms with Crippen LogP contribution in [0.1, 0.15) is 52.5 Å². The van der Waals surface area contributed by atoms with Gasteiger partial charge in [0.05, 0.1) is 9.33 Å². The van der Waals surface area contributed by atoms with Crippen molar-refractivity contribution in [2.45, 2.75) is 58.7 Å². The Morgan fingerprint density at radius 3 is 2.43 bits per heavy atom. The highest BCUT2D eigenvalue weighted by molar-refractivity contribution is 9.11. The lowest BCUT2D eigenvalue weighted by Crippen LogP contribution is -2.51. The van der Waals surface area contributed by atoms with Crippen molar-refractivity contribution in [2.24, 2.45) is 0 Å². The normalized spacial score (nSPS) is 13.9. The Morgan fingerprint density at radius 1 is 1.33 bits per heavy atom. The molecule has 120 valence electrons. The topological polar surface area (TPSA) is 50.4 Å². The lowest BCUT2D eigenvalue weighted by Gasteiger charge is -2.30. The first kappa shape index (κ1) is 18.5. The summed E-state index contributed by atoms with van der Waals surface area (Å²) in [6, 6.07) is 4.38. The standard InChI is InChI=1S/C15H25BrN2O2S/c1-10(11-7-8-12(16)21-11)17-9-15(5,6)18-13(19)20-14(2,3)4/h7-8,10,17H,9H2,1-6H3,(H,18,19). The number of rotatable bonds is 5. The number of halogens is 1. The van der Waals surface area contributed by atoms with Gasteiger partial charge in [-0.15, -0.1) is 11.3 Å². The molecular weight excluding hydrogens is 352 g/mol. The molecule has 0 aliphatic rings. The maximum atomic E-state index is 11.8. The fourth-order valence-electron chi connectivity index (χ4n) is 1.69. The monoisotopic (exact) mass is 376 g/mol. The molecular formula is C15H25BrN2O2S.